The molecule has 0 N–H and O–H groups in total. The fourth-order valence-corrected chi connectivity index (χ4v) is 3.06. The summed E-state index contributed by atoms with van der Waals surface area (Å²) in [5, 5.41) is 11.3. The maximum Gasteiger partial charge on any atom is 0.119 e. The van der Waals surface area contributed by atoms with Crippen molar-refractivity contribution in [3.05, 3.63) is 102 Å². The molecule has 124 valence electrons. The number of nitriles is 1. The monoisotopic (exact) mass is 335 g/mol. The molecule has 0 saturated carbocycles. The van der Waals surface area contributed by atoms with Gasteiger partial charge in [0.2, 0.25) is 0 Å². The zero-order valence-electron chi connectivity index (χ0n) is 14.2. The van der Waals surface area contributed by atoms with Crippen LogP contribution in [-0.2, 0) is 6.61 Å². The lowest BCUT2D eigenvalue weighted by molar-refractivity contribution is 0.308. The second-order valence-electron chi connectivity index (χ2n) is 6.14. The van der Waals surface area contributed by atoms with Gasteiger partial charge in [-0.3, -0.25) is 0 Å². The molecule has 2 nitrogen and oxygen atoms in total. The third-order valence-corrected chi connectivity index (χ3v) is 4.48. The summed E-state index contributed by atoms with van der Waals surface area (Å²) in [5.41, 5.74) is 4.04. The van der Waals surface area contributed by atoms with E-state index in [0.717, 1.165) is 16.9 Å². The third kappa shape index (κ3) is 3.29. The van der Waals surface area contributed by atoms with E-state index in [1.165, 1.54) is 16.3 Å². The standard InChI is InChI=1S/C24H17NO/c25-16-18-8-10-19(11-9-18)20-12-14-23(15-13-20)26-17-22-6-3-5-21-4-1-2-7-24(21)22/h1-15H,17H2. The topological polar surface area (TPSA) is 33.0 Å². The van der Waals surface area contributed by atoms with E-state index >= 15 is 0 Å². The highest BCUT2D eigenvalue weighted by Crippen LogP contribution is 2.24. The minimum atomic E-state index is 0.539. The Labute approximate surface area is 152 Å². The molecule has 26 heavy (non-hydrogen) atoms. The number of benzene rings is 4. The van der Waals surface area contributed by atoms with Crippen LogP contribution < -0.4 is 4.74 Å². The van der Waals surface area contributed by atoms with E-state index in [2.05, 4.69) is 48.5 Å². The molecule has 0 unspecified atom stereocenters. The zero-order valence-corrected chi connectivity index (χ0v) is 14.2. The molecule has 0 aliphatic heterocycles. The highest BCUT2D eigenvalue weighted by molar-refractivity contribution is 5.85. The smallest absolute Gasteiger partial charge is 0.119 e. The Kier molecular flexibility index (Phi) is 4.37. The van der Waals surface area contributed by atoms with Gasteiger partial charge >= 0.3 is 0 Å². The van der Waals surface area contributed by atoms with Gasteiger partial charge in [0.25, 0.3) is 0 Å². The molecule has 0 heterocycles. The molecule has 0 amide bonds. The molecule has 0 spiro atoms. The molecule has 2 heteroatoms. The minimum absolute atomic E-state index is 0.539. The van der Waals surface area contributed by atoms with Crippen molar-refractivity contribution < 1.29 is 4.74 Å². The predicted molar refractivity (Wildman–Crippen MR) is 105 cm³/mol. The van der Waals surface area contributed by atoms with Crippen LogP contribution in [0.15, 0.2) is 91.0 Å². The van der Waals surface area contributed by atoms with Gasteiger partial charge in [-0.15, -0.1) is 0 Å². The number of rotatable bonds is 4. The Hall–Kier alpha value is -3.57. The summed E-state index contributed by atoms with van der Waals surface area (Å²) in [7, 11) is 0. The van der Waals surface area contributed by atoms with Crippen molar-refractivity contribution in [3.8, 4) is 22.9 Å². The normalized spacial score (nSPS) is 10.4. The van der Waals surface area contributed by atoms with Crippen molar-refractivity contribution in [3.63, 3.8) is 0 Å². The van der Waals surface area contributed by atoms with E-state index in [1.807, 2.05) is 48.5 Å². The molecule has 0 aliphatic rings. The molecular weight excluding hydrogens is 318 g/mol. The summed E-state index contributed by atoms with van der Waals surface area (Å²) in [5.74, 6) is 0.843. The van der Waals surface area contributed by atoms with Gasteiger partial charge in [-0.2, -0.15) is 5.26 Å². The molecular formula is C24H17NO. The number of nitrogens with zero attached hydrogens (tertiary/aromatic N) is 1. The first-order valence-electron chi connectivity index (χ1n) is 8.53. The van der Waals surface area contributed by atoms with Crippen LogP contribution >= 0.6 is 0 Å². The lowest BCUT2D eigenvalue weighted by Crippen LogP contribution is -1.96. The van der Waals surface area contributed by atoms with E-state index in [1.54, 1.807) is 0 Å². The molecule has 0 saturated heterocycles. The first-order valence-corrected chi connectivity index (χ1v) is 8.53. The average Bonchev–Trinajstić information content (AvgIpc) is 2.73. The average molecular weight is 335 g/mol. The lowest BCUT2D eigenvalue weighted by Gasteiger charge is -2.10. The summed E-state index contributed by atoms with van der Waals surface area (Å²) in [6, 6.07) is 32.4. The summed E-state index contributed by atoms with van der Waals surface area (Å²) < 4.78 is 5.98. The maximum atomic E-state index is 8.89. The fourth-order valence-electron chi connectivity index (χ4n) is 3.06. The van der Waals surface area contributed by atoms with Gasteiger partial charge in [-0.05, 0) is 51.7 Å². The summed E-state index contributed by atoms with van der Waals surface area (Å²) in [6.45, 7) is 0.539. The largest absolute Gasteiger partial charge is 0.489 e. The molecule has 0 aliphatic carbocycles. The van der Waals surface area contributed by atoms with Crippen LogP contribution in [0.4, 0.5) is 0 Å². The van der Waals surface area contributed by atoms with E-state index < -0.39 is 0 Å². The second-order valence-corrected chi connectivity index (χ2v) is 6.14. The van der Waals surface area contributed by atoms with Crippen LogP contribution in [0.5, 0.6) is 5.75 Å². The molecule has 0 aromatic heterocycles. The van der Waals surface area contributed by atoms with E-state index in [-0.39, 0.29) is 0 Å². The molecule has 0 radical (unpaired) electrons. The van der Waals surface area contributed by atoms with E-state index in [9.17, 15) is 0 Å². The van der Waals surface area contributed by atoms with Gasteiger partial charge in [-0.1, -0.05) is 66.7 Å². The van der Waals surface area contributed by atoms with Crippen LogP contribution in [0, 0.1) is 11.3 Å². The first-order chi connectivity index (χ1) is 12.8. The summed E-state index contributed by atoms with van der Waals surface area (Å²) in [4.78, 5) is 0. The minimum Gasteiger partial charge on any atom is -0.489 e. The number of ether oxygens (including phenoxy) is 1. The number of hydrogen-bond donors (Lipinski definition) is 0. The van der Waals surface area contributed by atoms with Crippen molar-refractivity contribution >= 4 is 10.8 Å². The van der Waals surface area contributed by atoms with Crippen LogP contribution in [-0.4, -0.2) is 0 Å². The van der Waals surface area contributed by atoms with Gasteiger partial charge in [0.1, 0.15) is 12.4 Å². The van der Waals surface area contributed by atoms with Gasteiger partial charge in [0, 0.05) is 0 Å². The molecule has 0 fully saturated rings. The Morgan fingerprint density at radius 2 is 1.35 bits per heavy atom. The summed E-state index contributed by atoms with van der Waals surface area (Å²) >= 11 is 0. The van der Waals surface area contributed by atoms with E-state index in [4.69, 9.17) is 10.00 Å². The van der Waals surface area contributed by atoms with Crippen LogP contribution in [0.1, 0.15) is 11.1 Å². The Morgan fingerprint density at radius 3 is 2.08 bits per heavy atom. The quantitative estimate of drug-likeness (QED) is 0.461. The fraction of sp³-hybridized carbons (Fsp3) is 0.0417. The zero-order chi connectivity index (χ0) is 17.8. The van der Waals surface area contributed by atoms with Crippen molar-refractivity contribution in [1.29, 1.82) is 5.26 Å². The summed E-state index contributed by atoms with van der Waals surface area (Å²) in [6.07, 6.45) is 0. The maximum absolute atomic E-state index is 8.89. The predicted octanol–water partition coefficient (Wildman–Crippen LogP) is 5.96. The highest BCUT2D eigenvalue weighted by Gasteiger charge is 2.03. The van der Waals surface area contributed by atoms with Crippen LogP contribution in [0.25, 0.3) is 21.9 Å². The van der Waals surface area contributed by atoms with Crippen molar-refractivity contribution in [2.45, 2.75) is 6.61 Å². The van der Waals surface area contributed by atoms with Crippen molar-refractivity contribution in [2.24, 2.45) is 0 Å². The Balaban J connectivity index is 1.49. The Bertz CT molecular complexity index is 1070. The Morgan fingerprint density at radius 1 is 0.692 bits per heavy atom. The van der Waals surface area contributed by atoms with Crippen molar-refractivity contribution in [2.75, 3.05) is 0 Å². The third-order valence-electron chi connectivity index (χ3n) is 4.48. The van der Waals surface area contributed by atoms with Gasteiger partial charge < -0.3 is 4.74 Å². The molecule has 0 bridgehead atoms. The van der Waals surface area contributed by atoms with Gasteiger partial charge in [0.15, 0.2) is 0 Å². The molecule has 0 atom stereocenters. The SMILES string of the molecule is N#Cc1ccc(-c2ccc(OCc3cccc4ccccc34)cc2)cc1. The first kappa shape index (κ1) is 15.9. The van der Waals surface area contributed by atoms with Crippen molar-refractivity contribution in [1.82, 2.24) is 0 Å². The number of hydrogen-bond acceptors (Lipinski definition) is 2. The van der Waals surface area contributed by atoms with Gasteiger partial charge in [0.05, 0.1) is 11.6 Å². The van der Waals surface area contributed by atoms with Gasteiger partial charge in [-0.25, -0.2) is 0 Å². The van der Waals surface area contributed by atoms with E-state index in [0.29, 0.717) is 12.2 Å². The molecule has 4 rings (SSSR count). The van der Waals surface area contributed by atoms with Crippen LogP contribution in [0.3, 0.4) is 0 Å². The molecule has 4 aromatic rings. The second kappa shape index (κ2) is 7.13. The number of fused-ring (bicyclic) bond motifs is 1. The molecule has 4 aromatic carbocycles. The van der Waals surface area contributed by atoms with Crippen LogP contribution in [0.2, 0.25) is 0 Å². The highest BCUT2D eigenvalue weighted by atomic mass is 16.5. The lowest BCUT2D eigenvalue weighted by atomic mass is 10.0.